The van der Waals surface area contributed by atoms with Gasteiger partial charge in [0.2, 0.25) is 0 Å². The smallest absolute Gasteiger partial charge is 0.254 e. The van der Waals surface area contributed by atoms with Crippen molar-refractivity contribution in [2.75, 3.05) is 31.6 Å². The molecule has 0 saturated carbocycles. The minimum atomic E-state index is -0.246. The van der Waals surface area contributed by atoms with Crippen LogP contribution in [-0.2, 0) is 5.54 Å². The molecule has 2 aromatic heterocycles. The number of rotatable bonds is 4. The van der Waals surface area contributed by atoms with Gasteiger partial charge < -0.3 is 19.1 Å². The molecule has 1 amide bonds. The number of fused-ring (bicyclic) bond motifs is 4. The molecule has 0 bridgehead atoms. The zero-order chi connectivity index (χ0) is 20.7. The predicted molar refractivity (Wildman–Crippen MR) is 116 cm³/mol. The third-order valence-electron chi connectivity index (χ3n) is 6.33. The van der Waals surface area contributed by atoms with Crippen LogP contribution in [0.4, 0.5) is 5.69 Å². The van der Waals surface area contributed by atoms with Crippen LogP contribution in [0.5, 0.6) is 5.75 Å². The number of carbonyl (C=O) groups excluding carboxylic acids is 1. The van der Waals surface area contributed by atoms with E-state index in [2.05, 4.69) is 45.8 Å². The Hall–Kier alpha value is -3.28. The zero-order valence-electron chi connectivity index (χ0n) is 17.4. The molecule has 5 rings (SSSR count). The highest BCUT2D eigenvalue weighted by Gasteiger charge is 2.50. The summed E-state index contributed by atoms with van der Waals surface area (Å²) >= 11 is 0. The van der Waals surface area contributed by atoms with Gasteiger partial charge in [-0.25, -0.2) is 4.98 Å². The van der Waals surface area contributed by atoms with Gasteiger partial charge in [0.1, 0.15) is 11.3 Å². The van der Waals surface area contributed by atoms with Crippen molar-refractivity contribution in [1.29, 1.82) is 0 Å². The molecule has 154 valence electrons. The first kappa shape index (κ1) is 18.7. The van der Waals surface area contributed by atoms with Crippen LogP contribution in [0, 0.1) is 0 Å². The molecule has 2 aliphatic heterocycles. The summed E-state index contributed by atoms with van der Waals surface area (Å²) in [6, 6.07) is 15.8. The molecule has 0 radical (unpaired) electrons. The van der Waals surface area contributed by atoms with Crippen LogP contribution in [0.3, 0.4) is 0 Å². The van der Waals surface area contributed by atoms with Crippen LogP contribution in [0.1, 0.15) is 35.8 Å². The molecule has 0 unspecified atom stereocenters. The number of pyridine rings is 1. The summed E-state index contributed by atoms with van der Waals surface area (Å²) < 4.78 is 7.51. The van der Waals surface area contributed by atoms with Crippen LogP contribution in [0.15, 0.2) is 60.9 Å². The summed E-state index contributed by atoms with van der Waals surface area (Å²) in [5.74, 6) is 1.72. The molecule has 1 saturated heterocycles. The first-order valence-electron chi connectivity index (χ1n) is 10.5. The SMILES string of the molecule is CCCN1c2cccnc2-n2cccc2[C@@]12CCN(C(=O)c1cccc(OC)c1)C2. The number of likely N-dealkylation sites (tertiary alicyclic amines) is 1. The van der Waals surface area contributed by atoms with Gasteiger partial charge in [-0.3, -0.25) is 4.79 Å². The highest BCUT2D eigenvalue weighted by Crippen LogP contribution is 2.47. The largest absolute Gasteiger partial charge is 0.497 e. The summed E-state index contributed by atoms with van der Waals surface area (Å²) in [7, 11) is 1.62. The van der Waals surface area contributed by atoms with Gasteiger partial charge in [0.05, 0.1) is 18.5 Å². The molecule has 1 fully saturated rings. The molecule has 2 aliphatic rings. The highest BCUT2D eigenvalue weighted by atomic mass is 16.5. The number of hydrogen-bond acceptors (Lipinski definition) is 4. The molecule has 1 atom stereocenters. The van der Waals surface area contributed by atoms with E-state index in [4.69, 9.17) is 4.74 Å². The second-order valence-electron chi connectivity index (χ2n) is 8.00. The molecular weight excluding hydrogens is 376 g/mol. The Bertz CT molecular complexity index is 1090. The van der Waals surface area contributed by atoms with E-state index in [1.165, 1.54) is 5.69 Å². The van der Waals surface area contributed by atoms with Crippen LogP contribution in [0.25, 0.3) is 5.82 Å². The number of hydrogen-bond donors (Lipinski definition) is 0. The fraction of sp³-hybridized carbons (Fsp3) is 0.333. The Morgan fingerprint density at radius 2 is 2.10 bits per heavy atom. The normalized spacial score (nSPS) is 19.7. The van der Waals surface area contributed by atoms with Crippen LogP contribution < -0.4 is 9.64 Å². The minimum Gasteiger partial charge on any atom is -0.497 e. The van der Waals surface area contributed by atoms with Crippen molar-refractivity contribution in [3.05, 3.63) is 72.2 Å². The number of amides is 1. The van der Waals surface area contributed by atoms with Gasteiger partial charge in [-0.2, -0.15) is 0 Å². The maximum Gasteiger partial charge on any atom is 0.254 e. The maximum atomic E-state index is 13.3. The Labute approximate surface area is 176 Å². The van der Waals surface area contributed by atoms with Gasteiger partial charge in [0.15, 0.2) is 5.82 Å². The van der Waals surface area contributed by atoms with Gasteiger partial charge in [-0.05, 0) is 55.3 Å². The Kier molecular flexibility index (Phi) is 4.50. The van der Waals surface area contributed by atoms with Crippen molar-refractivity contribution in [3.8, 4) is 11.6 Å². The van der Waals surface area contributed by atoms with E-state index in [0.29, 0.717) is 17.9 Å². The molecule has 3 aromatic rings. The first-order chi connectivity index (χ1) is 14.7. The molecular formula is C24H26N4O2. The second kappa shape index (κ2) is 7.20. The van der Waals surface area contributed by atoms with Crippen molar-refractivity contribution in [1.82, 2.24) is 14.5 Å². The van der Waals surface area contributed by atoms with Crippen LogP contribution in [-0.4, -0.2) is 47.1 Å². The van der Waals surface area contributed by atoms with Gasteiger partial charge in [-0.15, -0.1) is 0 Å². The standard InChI is InChI=1S/C24H26N4O2/c1-3-13-28-20-9-5-12-25-22(20)27-14-6-10-21(27)24(28)11-15-26(17-24)23(29)18-7-4-8-19(16-18)30-2/h4-10,12,14,16H,3,11,13,15,17H2,1-2H3/t24-/m0/s1. The lowest BCUT2D eigenvalue weighted by Gasteiger charge is -2.47. The number of nitrogens with zero attached hydrogens (tertiary/aromatic N) is 4. The Morgan fingerprint density at radius 1 is 1.20 bits per heavy atom. The molecule has 6 nitrogen and oxygen atoms in total. The van der Waals surface area contributed by atoms with Crippen molar-refractivity contribution >= 4 is 11.6 Å². The van der Waals surface area contributed by atoms with Gasteiger partial charge in [-0.1, -0.05) is 13.0 Å². The molecule has 4 heterocycles. The van der Waals surface area contributed by atoms with Crippen molar-refractivity contribution in [2.45, 2.75) is 25.3 Å². The number of methoxy groups -OCH3 is 1. The first-order valence-corrected chi connectivity index (χ1v) is 10.5. The van der Waals surface area contributed by atoms with E-state index in [1.807, 2.05) is 41.4 Å². The van der Waals surface area contributed by atoms with Crippen LogP contribution in [0.2, 0.25) is 0 Å². The van der Waals surface area contributed by atoms with Gasteiger partial charge in [0.25, 0.3) is 5.91 Å². The quantitative estimate of drug-likeness (QED) is 0.665. The molecule has 0 N–H and O–H groups in total. The van der Waals surface area contributed by atoms with Crippen molar-refractivity contribution in [2.24, 2.45) is 0 Å². The fourth-order valence-electron chi connectivity index (χ4n) is 4.99. The maximum absolute atomic E-state index is 13.3. The van der Waals surface area contributed by atoms with Crippen LogP contribution >= 0.6 is 0 Å². The monoisotopic (exact) mass is 402 g/mol. The number of benzene rings is 1. The lowest BCUT2D eigenvalue weighted by Crippen LogP contribution is -2.53. The van der Waals surface area contributed by atoms with E-state index in [9.17, 15) is 4.79 Å². The predicted octanol–water partition coefficient (Wildman–Crippen LogP) is 3.85. The topological polar surface area (TPSA) is 50.6 Å². The summed E-state index contributed by atoms with van der Waals surface area (Å²) in [5.41, 5.74) is 2.77. The van der Waals surface area contributed by atoms with E-state index >= 15 is 0 Å². The third-order valence-corrected chi connectivity index (χ3v) is 6.33. The summed E-state index contributed by atoms with van der Waals surface area (Å²) in [4.78, 5) is 22.5. The van der Waals surface area contributed by atoms with Gasteiger partial charge >= 0.3 is 0 Å². The number of ether oxygens (including phenoxy) is 1. The highest BCUT2D eigenvalue weighted by molar-refractivity contribution is 5.95. The molecule has 30 heavy (non-hydrogen) atoms. The van der Waals surface area contributed by atoms with E-state index in [1.54, 1.807) is 7.11 Å². The summed E-state index contributed by atoms with van der Waals surface area (Å²) in [6.45, 7) is 4.50. The number of carbonyl (C=O) groups is 1. The van der Waals surface area contributed by atoms with E-state index in [-0.39, 0.29) is 11.4 Å². The Balaban J connectivity index is 1.54. The summed E-state index contributed by atoms with van der Waals surface area (Å²) in [5, 5.41) is 0. The van der Waals surface area contributed by atoms with E-state index in [0.717, 1.165) is 37.4 Å². The average molecular weight is 402 g/mol. The number of aromatic nitrogens is 2. The van der Waals surface area contributed by atoms with E-state index < -0.39 is 0 Å². The molecule has 6 heteroatoms. The second-order valence-corrected chi connectivity index (χ2v) is 8.00. The average Bonchev–Trinajstić information content (AvgIpc) is 3.45. The third kappa shape index (κ3) is 2.70. The van der Waals surface area contributed by atoms with Crippen molar-refractivity contribution in [3.63, 3.8) is 0 Å². The molecule has 1 spiro atoms. The molecule has 1 aromatic carbocycles. The summed E-state index contributed by atoms with van der Waals surface area (Å²) in [6.07, 6.45) is 5.85. The Morgan fingerprint density at radius 3 is 2.93 bits per heavy atom. The zero-order valence-corrected chi connectivity index (χ0v) is 17.4. The number of anilines is 1. The molecule has 0 aliphatic carbocycles. The lowest BCUT2D eigenvalue weighted by atomic mass is 9.88. The van der Waals surface area contributed by atoms with Gasteiger partial charge in [0, 0.05) is 37.6 Å². The fourth-order valence-corrected chi connectivity index (χ4v) is 4.99. The minimum absolute atomic E-state index is 0.0531. The lowest BCUT2D eigenvalue weighted by molar-refractivity contribution is 0.0781. The van der Waals surface area contributed by atoms with Crippen molar-refractivity contribution < 1.29 is 9.53 Å².